The molecule has 1 aromatic carbocycles. The van der Waals surface area contributed by atoms with Gasteiger partial charge in [0.15, 0.2) is 0 Å². The number of hydrogen-bond donors (Lipinski definition) is 2. The zero-order valence-corrected chi connectivity index (χ0v) is 12.4. The summed E-state index contributed by atoms with van der Waals surface area (Å²) in [5.41, 5.74) is 5.90. The van der Waals surface area contributed by atoms with Gasteiger partial charge in [-0.3, -0.25) is 4.79 Å². The van der Waals surface area contributed by atoms with Crippen LogP contribution >= 0.6 is 46.6 Å². The zero-order chi connectivity index (χ0) is 11.4. The maximum atomic E-state index is 11.7. The van der Waals surface area contributed by atoms with Gasteiger partial charge in [0.05, 0.1) is 10.6 Å². The monoisotopic (exact) mass is 374 g/mol. The molecule has 0 spiro atoms. The topological polar surface area (TPSA) is 55.1 Å². The van der Waals surface area contributed by atoms with Crippen LogP contribution in [0, 0.1) is 3.57 Å². The predicted molar refractivity (Wildman–Crippen MR) is 77.4 cm³/mol. The number of halogens is 3. The van der Waals surface area contributed by atoms with Crippen molar-refractivity contribution in [2.24, 2.45) is 5.73 Å². The minimum absolute atomic E-state index is 0. The van der Waals surface area contributed by atoms with Crippen molar-refractivity contribution in [1.82, 2.24) is 5.32 Å². The molecule has 3 nitrogen and oxygen atoms in total. The Morgan fingerprint density at radius 3 is 2.75 bits per heavy atom. The van der Waals surface area contributed by atoms with Crippen LogP contribution in [-0.2, 0) is 0 Å². The van der Waals surface area contributed by atoms with E-state index in [1.54, 1.807) is 12.1 Å². The highest BCUT2D eigenvalue weighted by Gasteiger charge is 2.12. The largest absolute Gasteiger partial charge is 0.348 e. The fourth-order valence-corrected chi connectivity index (χ4v) is 1.98. The SMILES string of the molecule is C[C@H](CN)NC(=O)c1ccc(I)cc1Cl.Cl. The number of nitrogens with one attached hydrogen (secondary N) is 1. The Labute approximate surface area is 120 Å². The molecule has 0 bridgehead atoms. The summed E-state index contributed by atoms with van der Waals surface area (Å²) in [7, 11) is 0. The van der Waals surface area contributed by atoms with Gasteiger partial charge in [-0.25, -0.2) is 0 Å². The minimum Gasteiger partial charge on any atom is -0.348 e. The van der Waals surface area contributed by atoms with E-state index in [4.69, 9.17) is 17.3 Å². The summed E-state index contributed by atoms with van der Waals surface area (Å²) < 4.78 is 1.00. The number of carbonyl (C=O) groups is 1. The minimum atomic E-state index is -0.186. The lowest BCUT2D eigenvalue weighted by Crippen LogP contribution is -2.37. The van der Waals surface area contributed by atoms with Crippen LogP contribution in [-0.4, -0.2) is 18.5 Å². The fraction of sp³-hybridized carbons (Fsp3) is 0.300. The highest BCUT2D eigenvalue weighted by Crippen LogP contribution is 2.18. The molecule has 0 unspecified atom stereocenters. The number of amides is 1. The summed E-state index contributed by atoms with van der Waals surface area (Å²) in [6.45, 7) is 2.26. The van der Waals surface area contributed by atoms with Gasteiger partial charge < -0.3 is 11.1 Å². The van der Waals surface area contributed by atoms with E-state index in [0.717, 1.165) is 3.57 Å². The van der Waals surface area contributed by atoms with Crippen LogP contribution in [0.4, 0.5) is 0 Å². The van der Waals surface area contributed by atoms with Crippen molar-refractivity contribution in [1.29, 1.82) is 0 Å². The highest BCUT2D eigenvalue weighted by molar-refractivity contribution is 14.1. The second-order valence-electron chi connectivity index (χ2n) is 3.23. The molecule has 90 valence electrons. The van der Waals surface area contributed by atoms with Gasteiger partial charge in [-0.15, -0.1) is 12.4 Å². The van der Waals surface area contributed by atoms with Gasteiger partial charge in [0.2, 0.25) is 0 Å². The van der Waals surface area contributed by atoms with Gasteiger partial charge in [0.1, 0.15) is 0 Å². The molecule has 0 saturated heterocycles. The highest BCUT2D eigenvalue weighted by atomic mass is 127. The van der Waals surface area contributed by atoms with Crippen LogP contribution in [0.1, 0.15) is 17.3 Å². The van der Waals surface area contributed by atoms with Gasteiger partial charge in [-0.1, -0.05) is 11.6 Å². The van der Waals surface area contributed by atoms with Crippen LogP contribution in [0.25, 0.3) is 0 Å². The fourth-order valence-electron chi connectivity index (χ4n) is 1.03. The van der Waals surface area contributed by atoms with Crippen LogP contribution in [0.15, 0.2) is 18.2 Å². The molecule has 1 rings (SSSR count). The normalized spacial score (nSPS) is 11.5. The van der Waals surface area contributed by atoms with Gasteiger partial charge in [-0.05, 0) is 47.7 Å². The third kappa shape index (κ3) is 4.45. The first kappa shape index (κ1) is 16.0. The molecular formula is C10H13Cl2IN2O. The molecule has 0 radical (unpaired) electrons. The Balaban J connectivity index is 0.00000225. The summed E-state index contributed by atoms with van der Waals surface area (Å²) in [4.78, 5) is 11.7. The molecule has 3 N–H and O–H groups in total. The van der Waals surface area contributed by atoms with Crippen LogP contribution in [0.5, 0.6) is 0 Å². The first-order valence-electron chi connectivity index (χ1n) is 4.50. The first-order valence-corrected chi connectivity index (χ1v) is 5.96. The van der Waals surface area contributed by atoms with E-state index in [1.807, 2.05) is 13.0 Å². The van der Waals surface area contributed by atoms with E-state index in [-0.39, 0.29) is 24.4 Å². The zero-order valence-electron chi connectivity index (χ0n) is 8.67. The second kappa shape index (κ2) is 7.32. The van der Waals surface area contributed by atoms with Gasteiger partial charge >= 0.3 is 0 Å². The smallest absolute Gasteiger partial charge is 0.253 e. The number of benzene rings is 1. The summed E-state index contributed by atoms with van der Waals surface area (Å²) >= 11 is 8.10. The average Bonchev–Trinajstić information content (AvgIpc) is 2.17. The molecule has 0 aliphatic carbocycles. The number of rotatable bonds is 3. The molecule has 1 atom stereocenters. The number of nitrogens with two attached hydrogens (primary N) is 1. The predicted octanol–water partition coefficient (Wildman–Crippen LogP) is 2.44. The first-order chi connectivity index (χ1) is 7.04. The molecule has 0 aliphatic rings. The Hall–Kier alpha value is -0.0400. The Morgan fingerprint density at radius 2 is 2.25 bits per heavy atom. The standard InChI is InChI=1S/C10H12ClIN2O.ClH/c1-6(5-13)14-10(15)8-3-2-7(12)4-9(8)11;/h2-4,6H,5,13H2,1H3,(H,14,15);1H/t6-;/m1./s1. The molecule has 16 heavy (non-hydrogen) atoms. The number of hydrogen-bond acceptors (Lipinski definition) is 2. The molecule has 0 aromatic heterocycles. The van der Waals surface area contributed by atoms with Crippen molar-refractivity contribution >= 4 is 52.5 Å². The Morgan fingerprint density at radius 1 is 1.62 bits per heavy atom. The van der Waals surface area contributed by atoms with Crippen molar-refractivity contribution in [3.8, 4) is 0 Å². The maximum Gasteiger partial charge on any atom is 0.253 e. The summed E-state index contributed by atoms with van der Waals surface area (Å²) in [6, 6.07) is 5.26. The molecule has 6 heteroatoms. The Bertz CT molecular complexity index is 374. The summed E-state index contributed by atoms with van der Waals surface area (Å²) in [6.07, 6.45) is 0. The lowest BCUT2D eigenvalue weighted by molar-refractivity contribution is 0.0941. The Kier molecular flexibility index (Phi) is 7.30. The quantitative estimate of drug-likeness (QED) is 0.798. The van der Waals surface area contributed by atoms with E-state index in [1.165, 1.54) is 0 Å². The molecule has 0 heterocycles. The third-order valence-corrected chi connectivity index (χ3v) is 2.89. The average molecular weight is 375 g/mol. The molecule has 1 amide bonds. The summed E-state index contributed by atoms with van der Waals surface area (Å²) in [5.74, 6) is -0.186. The van der Waals surface area contributed by atoms with E-state index >= 15 is 0 Å². The molecule has 0 fully saturated rings. The second-order valence-corrected chi connectivity index (χ2v) is 4.89. The number of carbonyl (C=O) groups excluding carboxylic acids is 1. The summed E-state index contributed by atoms with van der Waals surface area (Å²) in [5, 5.41) is 3.22. The van der Waals surface area contributed by atoms with Gasteiger partial charge in [-0.2, -0.15) is 0 Å². The molecule has 1 aromatic rings. The van der Waals surface area contributed by atoms with Crippen LogP contribution in [0.2, 0.25) is 5.02 Å². The molecule has 0 saturated carbocycles. The van der Waals surface area contributed by atoms with Crippen molar-refractivity contribution in [3.63, 3.8) is 0 Å². The van der Waals surface area contributed by atoms with E-state index in [0.29, 0.717) is 17.1 Å². The third-order valence-electron chi connectivity index (χ3n) is 1.91. The van der Waals surface area contributed by atoms with Crippen molar-refractivity contribution in [3.05, 3.63) is 32.4 Å². The lowest BCUT2D eigenvalue weighted by Gasteiger charge is -2.12. The molecule has 0 aliphatic heterocycles. The van der Waals surface area contributed by atoms with Gasteiger partial charge in [0.25, 0.3) is 5.91 Å². The maximum absolute atomic E-state index is 11.7. The van der Waals surface area contributed by atoms with Crippen molar-refractivity contribution in [2.45, 2.75) is 13.0 Å². The van der Waals surface area contributed by atoms with E-state index in [9.17, 15) is 4.79 Å². The van der Waals surface area contributed by atoms with Crippen molar-refractivity contribution < 1.29 is 4.79 Å². The van der Waals surface area contributed by atoms with Crippen LogP contribution in [0.3, 0.4) is 0 Å². The van der Waals surface area contributed by atoms with E-state index in [2.05, 4.69) is 27.9 Å². The van der Waals surface area contributed by atoms with Crippen molar-refractivity contribution in [2.75, 3.05) is 6.54 Å². The molecular weight excluding hydrogens is 362 g/mol. The van der Waals surface area contributed by atoms with E-state index < -0.39 is 0 Å². The lowest BCUT2D eigenvalue weighted by atomic mass is 10.2. The van der Waals surface area contributed by atoms with Gasteiger partial charge in [0, 0.05) is 16.2 Å². The van der Waals surface area contributed by atoms with Crippen LogP contribution < -0.4 is 11.1 Å².